The number of hydrogen-bond donors (Lipinski definition) is 1. The van der Waals surface area contributed by atoms with E-state index < -0.39 is 16.8 Å². The number of nitrogens with one attached hydrogen (secondary N) is 1. The lowest BCUT2D eigenvalue weighted by Gasteiger charge is -2.37. The highest BCUT2D eigenvalue weighted by Gasteiger charge is 2.23. The molecule has 1 N–H and O–H groups in total. The van der Waals surface area contributed by atoms with Crippen molar-refractivity contribution in [3.05, 3.63) is 93.5 Å². The molecule has 3 aromatic carbocycles. The summed E-state index contributed by atoms with van der Waals surface area (Å²) < 4.78 is 10.2. The lowest BCUT2D eigenvalue weighted by molar-refractivity contribution is -0.385. The number of nitro benzene ring substituents is 1. The van der Waals surface area contributed by atoms with Crippen molar-refractivity contribution in [3.63, 3.8) is 0 Å². The first-order valence-electron chi connectivity index (χ1n) is 12.4. The number of piperazine rings is 1. The number of ether oxygens (including phenoxy) is 2. The largest absolute Gasteiger partial charge is 0.487 e. The first kappa shape index (κ1) is 26.6. The second-order valence-corrected chi connectivity index (χ2v) is 8.80. The van der Waals surface area contributed by atoms with Crippen molar-refractivity contribution in [2.75, 3.05) is 50.1 Å². The molecule has 10 heteroatoms. The van der Waals surface area contributed by atoms with Gasteiger partial charge in [0.2, 0.25) is 0 Å². The van der Waals surface area contributed by atoms with Crippen molar-refractivity contribution in [1.29, 1.82) is 0 Å². The summed E-state index contributed by atoms with van der Waals surface area (Å²) in [6, 6.07) is 19.4. The minimum atomic E-state index is -0.583. The number of rotatable bonds is 9. The van der Waals surface area contributed by atoms with Gasteiger partial charge < -0.3 is 19.7 Å². The van der Waals surface area contributed by atoms with Crippen molar-refractivity contribution in [2.24, 2.45) is 0 Å². The van der Waals surface area contributed by atoms with Gasteiger partial charge in [-0.2, -0.15) is 0 Å². The lowest BCUT2D eigenvalue weighted by atomic mass is 10.1. The van der Waals surface area contributed by atoms with Crippen LogP contribution in [-0.2, 0) is 11.3 Å². The van der Waals surface area contributed by atoms with E-state index in [0.29, 0.717) is 5.69 Å². The van der Waals surface area contributed by atoms with Gasteiger partial charge in [-0.05, 0) is 42.8 Å². The van der Waals surface area contributed by atoms with E-state index in [4.69, 9.17) is 9.47 Å². The van der Waals surface area contributed by atoms with Crippen molar-refractivity contribution in [1.82, 2.24) is 4.90 Å². The normalized spacial score (nSPS) is 13.6. The highest BCUT2D eigenvalue weighted by Crippen LogP contribution is 2.31. The number of amides is 1. The zero-order valence-corrected chi connectivity index (χ0v) is 21.4. The van der Waals surface area contributed by atoms with Crippen LogP contribution >= 0.6 is 0 Å². The van der Waals surface area contributed by atoms with Crippen LogP contribution in [0.15, 0.2) is 66.7 Å². The Morgan fingerprint density at radius 1 is 0.974 bits per heavy atom. The van der Waals surface area contributed by atoms with Gasteiger partial charge in [0, 0.05) is 44.4 Å². The molecule has 0 spiro atoms. The summed E-state index contributed by atoms with van der Waals surface area (Å²) in [5.74, 6) is -0.977. The maximum absolute atomic E-state index is 13.2. The fourth-order valence-corrected chi connectivity index (χ4v) is 4.42. The summed E-state index contributed by atoms with van der Waals surface area (Å²) in [4.78, 5) is 40.8. The standard InChI is InChI=1S/C28H30N4O6/c1-3-38-26-12-10-21(18-25(26)32(35)36)27(33)29-23-17-22(28(34)37-2)9-11-24(23)31-15-13-30(14-16-31)19-20-7-5-4-6-8-20/h4-12,17-18H,3,13-16,19H2,1-2H3,(H,29,33). The Morgan fingerprint density at radius 2 is 1.68 bits per heavy atom. The number of esters is 1. The Morgan fingerprint density at radius 3 is 2.34 bits per heavy atom. The van der Waals surface area contributed by atoms with Crippen LogP contribution in [0.3, 0.4) is 0 Å². The Hall–Kier alpha value is -4.44. The van der Waals surface area contributed by atoms with Crippen LogP contribution in [0.25, 0.3) is 0 Å². The third-order valence-electron chi connectivity index (χ3n) is 6.35. The molecule has 38 heavy (non-hydrogen) atoms. The molecule has 0 atom stereocenters. The third kappa shape index (κ3) is 6.27. The summed E-state index contributed by atoms with van der Waals surface area (Å²) in [5, 5.41) is 14.4. The lowest BCUT2D eigenvalue weighted by Crippen LogP contribution is -2.46. The molecule has 1 aliphatic heterocycles. The van der Waals surface area contributed by atoms with Crippen LogP contribution in [-0.4, -0.2) is 61.6 Å². The number of methoxy groups -OCH3 is 1. The van der Waals surface area contributed by atoms with Crippen molar-refractivity contribution in [3.8, 4) is 5.75 Å². The van der Waals surface area contributed by atoms with Gasteiger partial charge in [0.25, 0.3) is 5.91 Å². The van der Waals surface area contributed by atoms with E-state index >= 15 is 0 Å². The summed E-state index contributed by atoms with van der Waals surface area (Å²) in [7, 11) is 1.29. The molecule has 10 nitrogen and oxygen atoms in total. The minimum Gasteiger partial charge on any atom is -0.487 e. The van der Waals surface area contributed by atoms with Gasteiger partial charge in [0.05, 0.1) is 35.6 Å². The summed E-state index contributed by atoms with van der Waals surface area (Å²) in [6.45, 7) is 5.94. The smallest absolute Gasteiger partial charge is 0.337 e. The zero-order valence-electron chi connectivity index (χ0n) is 21.4. The van der Waals surface area contributed by atoms with E-state index in [9.17, 15) is 19.7 Å². The second-order valence-electron chi connectivity index (χ2n) is 8.80. The topological polar surface area (TPSA) is 114 Å². The predicted octanol–water partition coefficient (Wildman–Crippen LogP) is 4.35. The molecule has 0 aliphatic carbocycles. The van der Waals surface area contributed by atoms with E-state index in [1.54, 1.807) is 25.1 Å². The monoisotopic (exact) mass is 518 g/mol. The number of anilines is 2. The fourth-order valence-electron chi connectivity index (χ4n) is 4.42. The highest BCUT2D eigenvalue weighted by atomic mass is 16.6. The van der Waals surface area contributed by atoms with E-state index in [2.05, 4.69) is 27.2 Å². The van der Waals surface area contributed by atoms with Gasteiger partial charge in [0.1, 0.15) is 0 Å². The molecule has 0 saturated carbocycles. The first-order valence-corrected chi connectivity index (χ1v) is 12.4. The molecule has 0 radical (unpaired) electrons. The zero-order chi connectivity index (χ0) is 27.1. The summed E-state index contributed by atoms with van der Waals surface area (Å²) in [5.41, 5.74) is 2.52. The first-order chi connectivity index (χ1) is 18.4. The van der Waals surface area contributed by atoms with Crippen LogP contribution in [0, 0.1) is 10.1 Å². The second kappa shape index (κ2) is 12.2. The van der Waals surface area contributed by atoms with Crippen LogP contribution in [0.5, 0.6) is 5.75 Å². The molecule has 1 amide bonds. The van der Waals surface area contributed by atoms with Crippen LogP contribution in [0.1, 0.15) is 33.2 Å². The SMILES string of the molecule is CCOc1ccc(C(=O)Nc2cc(C(=O)OC)ccc2N2CCN(Cc3ccccc3)CC2)cc1[N+](=O)[O-]. The summed E-state index contributed by atoms with van der Waals surface area (Å²) in [6.07, 6.45) is 0. The molecule has 4 rings (SSSR count). The number of nitro groups is 1. The molecule has 0 aromatic heterocycles. The van der Waals surface area contributed by atoms with Gasteiger partial charge >= 0.3 is 11.7 Å². The van der Waals surface area contributed by atoms with Gasteiger partial charge in [0.15, 0.2) is 5.75 Å². The predicted molar refractivity (Wildman–Crippen MR) is 144 cm³/mol. The molecule has 1 heterocycles. The molecule has 0 bridgehead atoms. The quantitative estimate of drug-likeness (QED) is 0.253. The minimum absolute atomic E-state index is 0.0933. The van der Waals surface area contributed by atoms with Crippen molar-refractivity contribution >= 4 is 28.9 Å². The van der Waals surface area contributed by atoms with Crippen molar-refractivity contribution in [2.45, 2.75) is 13.5 Å². The van der Waals surface area contributed by atoms with Crippen LogP contribution in [0.4, 0.5) is 17.1 Å². The molecule has 1 saturated heterocycles. The maximum Gasteiger partial charge on any atom is 0.337 e. The van der Waals surface area contributed by atoms with E-state index in [-0.39, 0.29) is 29.2 Å². The number of nitrogens with zero attached hydrogens (tertiary/aromatic N) is 3. The van der Waals surface area contributed by atoms with Crippen molar-refractivity contribution < 1.29 is 24.0 Å². The number of hydrogen-bond acceptors (Lipinski definition) is 8. The molecule has 198 valence electrons. The summed E-state index contributed by atoms with van der Waals surface area (Å²) >= 11 is 0. The Kier molecular flexibility index (Phi) is 8.55. The Labute approximate surface area is 220 Å². The molecule has 1 aliphatic rings. The average molecular weight is 519 g/mol. The third-order valence-corrected chi connectivity index (χ3v) is 6.35. The fraction of sp³-hybridized carbons (Fsp3) is 0.286. The van der Waals surface area contributed by atoms with Gasteiger partial charge in [-0.15, -0.1) is 0 Å². The number of benzene rings is 3. The molecule has 1 fully saturated rings. The maximum atomic E-state index is 13.2. The van der Waals surface area contributed by atoms with E-state index in [1.807, 2.05) is 18.2 Å². The molecule has 0 unspecified atom stereocenters. The average Bonchev–Trinajstić information content (AvgIpc) is 2.94. The van der Waals surface area contributed by atoms with E-state index in [1.165, 1.54) is 30.9 Å². The van der Waals surface area contributed by atoms with Gasteiger partial charge in [-0.25, -0.2) is 4.79 Å². The molecule has 3 aromatic rings. The molecular weight excluding hydrogens is 488 g/mol. The number of carbonyl (C=O) groups is 2. The van der Waals surface area contributed by atoms with E-state index in [0.717, 1.165) is 38.4 Å². The number of carbonyl (C=O) groups excluding carboxylic acids is 2. The Balaban J connectivity index is 1.55. The highest BCUT2D eigenvalue weighted by molar-refractivity contribution is 6.07. The van der Waals surface area contributed by atoms with Crippen LogP contribution in [0.2, 0.25) is 0 Å². The Bertz CT molecular complexity index is 1310. The van der Waals surface area contributed by atoms with Gasteiger partial charge in [-0.3, -0.25) is 19.8 Å². The van der Waals surface area contributed by atoms with Gasteiger partial charge in [-0.1, -0.05) is 30.3 Å². The van der Waals surface area contributed by atoms with Crippen LogP contribution < -0.4 is 15.0 Å². The molecular formula is C28H30N4O6.